The molecule has 0 bridgehead atoms. The van der Waals surface area contributed by atoms with E-state index in [9.17, 15) is 4.79 Å². The third-order valence-electron chi connectivity index (χ3n) is 3.48. The average Bonchev–Trinajstić information content (AvgIpc) is 2.38. The number of carbonyl (C=O) groups is 1. The van der Waals surface area contributed by atoms with E-state index in [0.29, 0.717) is 0 Å². The molecule has 1 aliphatic heterocycles. The average molecular weight is 395 g/mol. The standard InChI is InChI=1S/C14H19IN2O.ClH/c1-14(7-4-8-16-9-14)10-17-13(18)11-5-2-3-6-12(11)15;/h2-3,5-6,16H,4,7-10H2,1H3,(H,17,18);1H. The molecule has 19 heavy (non-hydrogen) atoms. The molecule has 1 atom stereocenters. The first kappa shape index (κ1) is 16.7. The Labute approximate surface area is 134 Å². The molecular weight excluding hydrogens is 375 g/mol. The molecule has 0 spiro atoms. The number of nitrogens with one attached hydrogen (secondary N) is 2. The van der Waals surface area contributed by atoms with Crippen LogP contribution in [0.1, 0.15) is 30.1 Å². The van der Waals surface area contributed by atoms with E-state index >= 15 is 0 Å². The van der Waals surface area contributed by atoms with Crippen LogP contribution in [0.2, 0.25) is 0 Å². The summed E-state index contributed by atoms with van der Waals surface area (Å²) in [6, 6.07) is 7.68. The van der Waals surface area contributed by atoms with E-state index in [1.807, 2.05) is 24.3 Å². The predicted molar refractivity (Wildman–Crippen MR) is 89.0 cm³/mol. The lowest BCUT2D eigenvalue weighted by Gasteiger charge is -2.34. The monoisotopic (exact) mass is 394 g/mol. The van der Waals surface area contributed by atoms with Crippen molar-refractivity contribution in [1.82, 2.24) is 10.6 Å². The smallest absolute Gasteiger partial charge is 0.252 e. The molecule has 1 aromatic rings. The Morgan fingerprint density at radius 2 is 2.21 bits per heavy atom. The van der Waals surface area contributed by atoms with Crippen molar-refractivity contribution >= 4 is 40.9 Å². The van der Waals surface area contributed by atoms with Crippen LogP contribution in [-0.2, 0) is 0 Å². The van der Waals surface area contributed by atoms with Crippen molar-refractivity contribution in [2.24, 2.45) is 5.41 Å². The summed E-state index contributed by atoms with van der Waals surface area (Å²) in [7, 11) is 0. The number of piperidine rings is 1. The summed E-state index contributed by atoms with van der Waals surface area (Å²) in [5.41, 5.74) is 0.958. The molecule has 0 aliphatic carbocycles. The SMILES string of the molecule is CC1(CNC(=O)c2ccccc2I)CCCNC1.Cl. The van der Waals surface area contributed by atoms with Gasteiger partial charge in [0.2, 0.25) is 0 Å². The number of amides is 1. The van der Waals surface area contributed by atoms with Crippen molar-refractivity contribution in [3.63, 3.8) is 0 Å². The summed E-state index contributed by atoms with van der Waals surface area (Å²) < 4.78 is 1.000. The second kappa shape index (κ2) is 7.45. The van der Waals surface area contributed by atoms with E-state index < -0.39 is 0 Å². The zero-order chi connectivity index (χ0) is 13.0. The van der Waals surface area contributed by atoms with E-state index in [1.54, 1.807) is 0 Å². The van der Waals surface area contributed by atoms with Gasteiger partial charge in [-0.1, -0.05) is 19.1 Å². The lowest BCUT2D eigenvalue weighted by Crippen LogP contribution is -2.45. The Bertz CT molecular complexity index is 433. The van der Waals surface area contributed by atoms with Gasteiger partial charge in [0, 0.05) is 16.7 Å². The third kappa shape index (κ3) is 4.61. The second-order valence-electron chi connectivity index (χ2n) is 5.25. The Kier molecular flexibility index (Phi) is 6.56. The molecule has 1 heterocycles. The van der Waals surface area contributed by atoms with Crippen LogP contribution in [0.3, 0.4) is 0 Å². The van der Waals surface area contributed by atoms with Gasteiger partial charge in [0.25, 0.3) is 5.91 Å². The van der Waals surface area contributed by atoms with Gasteiger partial charge in [-0.3, -0.25) is 4.79 Å². The van der Waals surface area contributed by atoms with Gasteiger partial charge in [0.15, 0.2) is 0 Å². The number of hydrogen-bond donors (Lipinski definition) is 2. The van der Waals surface area contributed by atoms with Gasteiger partial charge >= 0.3 is 0 Å². The summed E-state index contributed by atoms with van der Waals surface area (Å²) in [5, 5.41) is 6.46. The van der Waals surface area contributed by atoms with Crippen LogP contribution in [0, 0.1) is 8.99 Å². The zero-order valence-corrected chi connectivity index (χ0v) is 14.0. The molecule has 1 unspecified atom stereocenters. The molecule has 1 aliphatic rings. The van der Waals surface area contributed by atoms with Gasteiger partial charge in [-0.25, -0.2) is 0 Å². The molecule has 1 amide bonds. The van der Waals surface area contributed by atoms with E-state index in [-0.39, 0.29) is 23.7 Å². The summed E-state index contributed by atoms with van der Waals surface area (Å²) >= 11 is 2.20. The number of hydrogen-bond acceptors (Lipinski definition) is 2. The topological polar surface area (TPSA) is 41.1 Å². The van der Waals surface area contributed by atoms with Crippen LogP contribution in [0.25, 0.3) is 0 Å². The number of rotatable bonds is 3. The minimum atomic E-state index is 0. The minimum Gasteiger partial charge on any atom is -0.351 e. The van der Waals surface area contributed by atoms with Crippen molar-refractivity contribution in [3.8, 4) is 0 Å². The molecule has 2 N–H and O–H groups in total. The molecule has 0 radical (unpaired) electrons. The Morgan fingerprint density at radius 3 is 2.84 bits per heavy atom. The van der Waals surface area contributed by atoms with E-state index in [4.69, 9.17) is 0 Å². The number of benzene rings is 1. The number of carbonyl (C=O) groups excluding carboxylic acids is 1. The largest absolute Gasteiger partial charge is 0.351 e. The summed E-state index contributed by atoms with van der Waals surface area (Å²) in [6.07, 6.45) is 2.36. The normalized spacial score (nSPS) is 22.4. The molecule has 106 valence electrons. The molecule has 3 nitrogen and oxygen atoms in total. The van der Waals surface area contributed by atoms with Gasteiger partial charge in [-0.05, 0) is 59.5 Å². The van der Waals surface area contributed by atoms with Crippen molar-refractivity contribution < 1.29 is 4.79 Å². The van der Waals surface area contributed by atoms with Gasteiger partial charge in [0.05, 0.1) is 5.56 Å². The second-order valence-corrected chi connectivity index (χ2v) is 6.42. The van der Waals surface area contributed by atoms with Crippen LogP contribution in [-0.4, -0.2) is 25.5 Å². The first-order valence-electron chi connectivity index (χ1n) is 6.34. The van der Waals surface area contributed by atoms with Gasteiger partial charge < -0.3 is 10.6 Å². The maximum absolute atomic E-state index is 12.1. The fraction of sp³-hybridized carbons (Fsp3) is 0.500. The quantitative estimate of drug-likeness (QED) is 0.774. The lowest BCUT2D eigenvalue weighted by atomic mass is 9.83. The molecule has 5 heteroatoms. The summed E-state index contributed by atoms with van der Waals surface area (Å²) in [5.74, 6) is 0.0341. The van der Waals surface area contributed by atoms with Crippen LogP contribution in [0.5, 0.6) is 0 Å². The van der Waals surface area contributed by atoms with E-state index in [1.165, 1.54) is 12.8 Å². The van der Waals surface area contributed by atoms with Gasteiger partial charge in [0.1, 0.15) is 0 Å². The lowest BCUT2D eigenvalue weighted by molar-refractivity contribution is 0.0924. The third-order valence-corrected chi connectivity index (χ3v) is 4.42. The highest BCUT2D eigenvalue weighted by molar-refractivity contribution is 14.1. The summed E-state index contributed by atoms with van der Waals surface area (Å²) in [4.78, 5) is 12.1. The highest BCUT2D eigenvalue weighted by Gasteiger charge is 2.27. The van der Waals surface area contributed by atoms with Crippen molar-refractivity contribution in [1.29, 1.82) is 0 Å². The fourth-order valence-corrected chi connectivity index (χ4v) is 2.94. The molecule has 1 fully saturated rings. The first-order valence-corrected chi connectivity index (χ1v) is 7.42. The Morgan fingerprint density at radius 1 is 1.47 bits per heavy atom. The molecule has 0 aromatic heterocycles. The Hall–Kier alpha value is -0.330. The minimum absolute atomic E-state index is 0. The molecule has 2 rings (SSSR count). The molecule has 1 aromatic carbocycles. The van der Waals surface area contributed by atoms with E-state index in [2.05, 4.69) is 40.1 Å². The maximum atomic E-state index is 12.1. The van der Waals surface area contributed by atoms with Crippen LogP contribution in [0.15, 0.2) is 24.3 Å². The molecule has 0 saturated carbocycles. The van der Waals surface area contributed by atoms with Gasteiger partial charge in [-0.15, -0.1) is 12.4 Å². The van der Waals surface area contributed by atoms with Crippen LogP contribution >= 0.6 is 35.0 Å². The first-order chi connectivity index (χ1) is 8.61. The molecular formula is C14H20ClIN2O. The van der Waals surface area contributed by atoms with Crippen molar-refractivity contribution in [2.45, 2.75) is 19.8 Å². The molecule has 1 saturated heterocycles. The fourth-order valence-electron chi connectivity index (χ4n) is 2.30. The van der Waals surface area contributed by atoms with Crippen LogP contribution < -0.4 is 10.6 Å². The van der Waals surface area contributed by atoms with E-state index in [0.717, 1.165) is 28.8 Å². The summed E-state index contributed by atoms with van der Waals surface area (Å²) in [6.45, 7) is 5.05. The highest BCUT2D eigenvalue weighted by atomic mass is 127. The highest BCUT2D eigenvalue weighted by Crippen LogP contribution is 2.24. The number of halogens is 2. The van der Waals surface area contributed by atoms with Gasteiger partial charge in [-0.2, -0.15) is 0 Å². The van der Waals surface area contributed by atoms with Crippen molar-refractivity contribution in [3.05, 3.63) is 33.4 Å². The van der Waals surface area contributed by atoms with Crippen molar-refractivity contribution in [2.75, 3.05) is 19.6 Å². The zero-order valence-electron chi connectivity index (χ0n) is 11.0. The predicted octanol–water partition coefficient (Wildman–Crippen LogP) is 2.83. The Balaban J connectivity index is 0.00000180. The van der Waals surface area contributed by atoms with Crippen LogP contribution in [0.4, 0.5) is 0 Å². The maximum Gasteiger partial charge on any atom is 0.252 e.